The fraction of sp³-hybridized carbons (Fsp3) is 0.100. The number of carbonyl (C=O) groups is 1. The third-order valence-electron chi connectivity index (χ3n) is 1.83. The van der Waals surface area contributed by atoms with Gasteiger partial charge in [-0.2, -0.15) is 0 Å². The number of benzene rings is 1. The molecule has 96 valence electrons. The third-order valence-corrected chi connectivity index (χ3v) is 2.78. The molecule has 0 aliphatic heterocycles. The summed E-state index contributed by atoms with van der Waals surface area (Å²) in [6.45, 7) is -0.300. The summed E-state index contributed by atoms with van der Waals surface area (Å²) in [6.07, 6.45) is 0. The number of ether oxygens (including phenoxy) is 1. The van der Waals surface area contributed by atoms with Crippen LogP contribution in [0.4, 0.5) is 5.69 Å². The van der Waals surface area contributed by atoms with Crippen molar-refractivity contribution in [3.63, 3.8) is 0 Å². The average Bonchev–Trinajstić information content (AvgIpc) is 2.35. The van der Waals surface area contributed by atoms with E-state index < -0.39 is 10.9 Å². The standard InChI is InChI=1S/C10H6Cl3NO4/c11-8(9(12)13)5-18-10(15)6-2-1-3-7(4-6)14(16)17/h1-4H,5H2. The summed E-state index contributed by atoms with van der Waals surface area (Å²) in [6, 6.07) is 5.12. The summed E-state index contributed by atoms with van der Waals surface area (Å²) in [7, 11) is 0. The highest BCUT2D eigenvalue weighted by Gasteiger charge is 2.13. The van der Waals surface area contributed by atoms with Crippen LogP contribution in [-0.4, -0.2) is 17.5 Å². The van der Waals surface area contributed by atoms with Gasteiger partial charge in [0.05, 0.1) is 15.5 Å². The maximum Gasteiger partial charge on any atom is 0.338 e. The zero-order valence-electron chi connectivity index (χ0n) is 8.73. The SMILES string of the molecule is O=C(OCC(Cl)=C(Cl)Cl)c1cccc([N+](=O)[O-])c1. The third kappa shape index (κ3) is 4.18. The van der Waals surface area contributed by atoms with E-state index in [0.717, 1.165) is 6.07 Å². The Morgan fingerprint density at radius 3 is 2.56 bits per heavy atom. The Balaban J connectivity index is 2.76. The smallest absolute Gasteiger partial charge is 0.338 e. The van der Waals surface area contributed by atoms with Gasteiger partial charge in [-0.25, -0.2) is 4.79 Å². The minimum atomic E-state index is -0.758. The molecule has 0 saturated heterocycles. The highest BCUT2D eigenvalue weighted by atomic mass is 35.5. The Morgan fingerprint density at radius 1 is 1.33 bits per heavy atom. The van der Waals surface area contributed by atoms with Crippen molar-refractivity contribution >= 4 is 46.5 Å². The van der Waals surface area contributed by atoms with E-state index in [1.165, 1.54) is 18.2 Å². The van der Waals surface area contributed by atoms with Gasteiger partial charge in [0.25, 0.3) is 5.69 Å². The molecule has 0 fully saturated rings. The normalized spacial score (nSPS) is 9.72. The number of esters is 1. The Bertz CT molecular complexity index is 512. The minimum absolute atomic E-state index is 0.0304. The Morgan fingerprint density at radius 2 is 2.00 bits per heavy atom. The molecule has 8 heteroatoms. The molecular weight excluding hydrogens is 304 g/mol. The van der Waals surface area contributed by atoms with Crippen molar-refractivity contribution in [3.8, 4) is 0 Å². The lowest BCUT2D eigenvalue weighted by atomic mass is 10.2. The van der Waals surface area contributed by atoms with Gasteiger partial charge in [-0.15, -0.1) is 0 Å². The number of nitrogens with zero attached hydrogens (tertiary/aromatic N) is 1. The van der Waals surface area contributed by atoms with Crippen LogP contribution in [0.15, 0.2) is 33.8 Å². The van der Waals surface area contributed by atoms with Crippen molar-refractivity contribution in [2.45, 2.75) is 0 Å². The van der Waals surface area contributed by atoms with Gasteiger partial charge >= 0.3 is 5.97 Å². The van der Waals surface area contributed by atoms with Gasteiger partial charge in [0, 0.05) is 12.1 Å². The number of carbonyl (C=O) groups excluding carboxylic acids is 1. The number of rotatable bonds is 4. The number of nitro groups is 1. The molecule has 1 aromatic carbocycles. The Kier molecular flexibility index (Phi) is 5.40. The summed E-state index contributed by atoms with van der Waals surface area (Å²) in [5, 5.41) is 10.5. The van der Waals surface area contributed by atoms with Crippen LogP contribution in [0.2, 0.25) is 0 Å². The first-order valence-electron chi connectivity index (χ1n) is 4.53. The highest BCUT2D eigenvalue weighted by molar-refractivity contribution is 6.59. The number of non-ortho nitro benzene ring substituents is 1. The minimum Gasteiger partial charge on any atom is -0.456 e. The van der Waals surface area contributed by atoms with Gasteiger partial charge in [-0.05, 0) is 6.07 Å². The Hall–Kier alpha value is -1.30. The average molecular weight is 311 g/mol. The molecule has 0 aliphatic carbocycles. The number of nitro benzene ring substituents is 1. The number of hydrogen-bond donors (Lipinski definition) is 0. The van der Waals surface area contributed by atoms with Crippen LogP contribution in [0, 0.1) is 10.1 Å². The van der Waals surface area contributed by atoms with Crippen LogP contribution in [-0.2, 0) is 4.74 Å². The largest absolute Gasteiger partial charge is 0.456 e. The van der Waals surface area contributed by atoms with Crippen molar-refractivity contribution in [1.29, 1.82) is 0 Å². The summed E-state index contributed by atoms with van der Waals surface area (Å²) in [5.74, 6) is -0.758. The first-order valence-corrected chi connectivity index (χ1v) is 5.66. The lowest BCUT2D eigenvalue weighted by Crippen LogP contribution is -2.07. The van der Waals surface area contributed by atoms with Gasteiger partial charge in [-0.3, -0.25) is 10.1 Å². The topological polar surface area (TPSA) is 69.4 Å². The fourth-order valence-corrected chi connectivity index (χ4v) is 1.18. The summed E-state index contributed by atoms with van der Waals surface area (Å²) >= 11 is 16.3. The molecule has 1 aromatic rings. The molecule has 0 aromatic heterocycles. The van der Waals surface area contributed by atoms with E-state index in [0.29, 0.717) is 0 Å². The molecule has 0 atom stereocenters. The lowest BCUT2D eigenvalue weighted by molar-refractivity contribution is -0.384. The van der Waals surface area contributed by atoms with E-state index in [9.17, 15) is 14.9 Å². The van der Waals surface area contributed by atoms with Crippen molar-refractivity contribution in [2.75, 3.05) is 6.61 Å². The van der Waals surface area contributed by atoms with Crippen molar-refractivity contribution in [2.24, 2.45) is 0 Å². The molecule has 0 aliphatic rings. The first kappa shape index (κ1) is 14.8. The van der Waals surface area contributed by atoms with Gasteiger partial charge < -0.3 is 4.74 Å². The van der Waals surface area contributed by atoms with Gasteiger partial charge in [0.15, 0.2) is 0 Å². The van der Waals surface area contributed by atoms with Crippen LogP contribution in [0.5, 0.6) is 0 Å². The van der Waals surface area contributed by atoms with Crippen molar-refractivity contribution in [3.05, 3.63) is 49.5 Å². The van der Waals surface area contributed by atoms with Crippen molar-refractivity contribution < 1.29 is 14.5 Å². The van der Waals surface area contributed by atoms with E-state index in [1.807, 2.05) is 0 Å². The lowest BCUT2D eigenvalue weighted by Gasteiger charge is -2.03. The molecule has 18 heavy (non-hydrogen) atoms. The second-order valence-corrected chi connectivity index (χ2v) is 4.45. The van der Waals surface area contributed by atoms with Gasteiger partial charge in [0.2, 0.25) is 0 Å². The van der Waals surface area contributed by atoms with Crippen LogP contribution in [0.25, 0.3) is 0 Å². The van der Waals surface area contributed by atoms with E-state index >= 15 is 0 Å². The van der Waals surface area contributed by atoms with Crippen LogP contribution >= 0.6 is 34.8 Å². The number of hydrogen-bond acceptors (Lipinski definition) is 4. The predicted octanol–water partition coefficient (Wildman–Crippen LogP) is 3.64. The molecule has 0 spiro atoms. The van der Waals surface area contributed by atoms with Crippen LogP contribution in [0.3, 0.4) is 0 Å². The Labute approximate surface area is 117 Å². The van der Waals surface area contributed by atoms with E-state index in [1.54, 1.807) is 0 Å². The first-order chi connectivity index (χ1) is 8.41. The van der Waals surface area contributed by atoms with Crippen molar-refractivity contribution in [1.82, 2.24) is 0 Å². The molecule has 0 unspecified atom stereocenters. The monoisotopic (exact) mass is 309 g/mol. The maximum atomic E-state index is 11.5. The molecule has 0 N–H and O–H groups in total. The fourth-order valence-electron chi connectivity index (χ4n) is 1.01. The molecule has 1 rings (SSSR count). The zero-order chi connectivity index (χ0) is 13.7. The molecule has 5 nitrogen and oxygen atoms in total. The highest BCUT2D eigenvalue weighted by Crippen LogP contribution is 2.19. The predicted molar refractivity (Wildman–Crippen MR) is 68.0 cm³/mol. The zero-order valence-corrected chi connectivity index (χ0v) is 11.0. The molecule has 0 saturated carbocycles. The molecule has 0 bridgehead atoms. The maximum absolute atomic E-state index is 11.5. The van der Waals surface area contributed by atoms with E-state index in [-0.39, 0.29) is 27.4 Å². The molecular formula is C10H6Cl3NO4. The summed E-state index contributed by atoms with van der Waals surface area (Å²) < 4.78 is 4.56. The molecule has 0 heterocycles. The molecule has 0 radical (unpaired) electrons. The molecule has 0 amide bonds. The van der Waals surface area contributed by atoms with E-state index in [4.69, 9.17) is 39.5 Å². The van der Waals surface area contributed by atoms with Crippen LogP contribution in [0.1, 0.15) is 10.4 Å². The number of halogens is 3. The quantitative estimate of drug-likeness (QED) is 0.483. The summed E-state index contributed by atoms with van der Waals surface area (Å²) in [5.41, 5.74) is -0.166. The van der Waals surface area contributed by atoms with Crippen LogP contribution < -0.4 is 0 Å². The van der Waals surface area contributed by atoms with E-state index in [2.05, 4.69) is 0 Å². The van der Waals surface area contributed by atoms with Gasteiger partial charge in [0.1, 0.15) is 11.1 Å². The van der Waals surface area contributed by atoms with Gasteiger partial charge in [-0.1, -0.05) is 40.9 Å². The second-order valence-electron chi connectivity index (χ2n) is 3.05. The summed E-state index contributed by atoms with van der Waals surface area (Å²) in [4.78, 5) is 21.4. The second kappa shape index (κ2) is 6.58.